The van der Waals surface area contributed by atoms with E-state index in [9.17, 15) is 13.2 Å². The number of benzene rings is 1. The van der Waals surface area contributed by atoms with Crippen LogP contribution in [0.1, 0.15) is 32.1 Å². The molecule has 0 aromatic heterocycles. The Morgan fingerprint density at radius 3 is 2.50 bits per heavy atom. The maximum atomic E-state index is 12.9. The lowest BCUT2D eigenvalue weighted by molar-refractivity contribution is -0.132. The van der Waals surface area contributed by atoms with Crippen molar-refractivity contribution in [2.24, 2.45) is 0 Å². The normalized spacial score (nSPS) is 23.5. The molecular formula is C17H22BrNO3S2. The van der Waals surface area contributed by atoms with E-state index in [2.05, 4.69) is 15.9 Å². The number of hydrogen-bond acceptors (Lipinski definition) is 4. The zero-order valence-electron chi connectivity index (χ0n) is 13.5. The highest BCUT2D eigenvalue weighted by Gasteiger charge is 2.38. The average Bonchev–Trinajstić information content (AvgIpc) is 3.17. The van der Waals surface area contributed by atoms with Gasteiger partial charge in [-0.2, -0.15) is 0 Å². The number of sulfone groups is 1. The summed E-state index contributed by atoms with van der Waals surface area (Å²) in [6.07, 6.45) is 4.85. The second-order valence-electron chi connectivity index (χ2n) is 6.52. The van der Waals surface area contributed by atoms with Crippen LogP contribution in [0.4, 0.5) is 0 Å². The maximum absolute atomic E-state index is 12.9. The van der Waals surface area contributed by atoms with Crippen LogP contribution in [0.25, 0.3) is 0 Å². The van der Waals surface area contributed by atoms with E-state index >= 15 is 0 Å². The average molecular weight is 432 g/mol. The van der Waals surface area contributed by atoms with Crippen LogP contribution >= 0.6 is 27.7 Å². The number of nitrogens with zero attached hydrogens (tertiary/aromatic N) is 1. The monoisotopic (exact) mass is 431 g/mol. The van der Waals surface area contributed by atoms with Crippen molar-refractivity contribution in [1.82, 2.24) is 4.90 Å². The third-order valence-corrected chi connectivity index (χ3v) is 8.56. The van der Waals surface area contributed by atoms with Crippen molar-refractivity contribution in [3.05, 3.63) is 28.7 Å². The molecule has 0 N–H and O–H groups in total. The Morgan fingerprint density at radius 2 is 1.88 bits per heavy atom. The Balaban J connectivity index is 1.70. The first-order chi connectivity index (χ1) is 11.5. The van der Waals surface area contributed by atoms with E-state index in [1.54, 1.807) is 0 Å². The smallest absolute Gasteiger partial charge is 0.233 e. The number of halogens is 1. The topological polar surface area (TPSA) is 54.5 Å². The number of thioether (sulfide) groups is 1. The van der Waals surface area contributed by atoms with Gasteiger partial charge in [0, 0.05) is 21.5 Å². The predicted molar refractivity (Wildman–Crippen MR) is 101 cm³/mol. The van der Waals surface area contributed by atoms with E-state index in [4.69, 9.17) is 0 Å². The van der Waals surface area contributed by atoms with Crippen LogP contribution < -0.4 is 0 Å². The molecule has 7 heteroatoms. The number of carbonyl (C=O) groups is 1. The Hall–Kier alpha value is -0.530. The van der Waals surface area contributed by atoms with Gasteiger partial charge >= 0.3 is 0 Å². The summed E-state index contributed by atoms with van der Waals surface area (Å²) in [6, 6.07) is 7.94. The standard InChI is InChI=1S/C17H22BrNO3S2/c18-15-7-3-4-8-16(15)23-11-17(20)19(13-5-1-2-6-13)14-9-10-24(21,22)12-14/h3-4,7-8,13-14H,1-2,5-6,9-12H2. The van der Waals surface area contributed by atoms with Gasteiger partial charge in [0.05, 0.1) is 17.3 Å². The molecule has 0 spiro atoms. The molecule has 0 radical (unpaired) electrons. The van der Waals surface area contributed by atoms with E-state index in [-0.39, 0.29) is 29.5 Å². The van der Waals surface area contributed by atoms with Crippen molar-refractivity contribution in [2.75, 3.05) is 17.3 Å². The van der Waals surface area contributed by atoms with Gasteiger partial charge in [0.1, 0.15) is 0 Å². The van der Waals surface area contributed by atoms with E-state index < -0.39 is 9.84 Å². The molecular weight excluding hydrogens is 410 g/mol. The largest absolute Gasteiger partial charge is 0.335 e. The molecule has 1 unspecified atom stereocenters. The maximum Gasteiger partial charge on any atom is 0.233 e. The molecule has 2 fully saturated rings. The molecule has 132 valence electrons. The highest BCUT2D eigenvalue weighted by atomic mass is 79.9. The first-order valence-corrected chi connectivity index (χ1v) is 12.0. The molecule has 1 amide bonds. The molecule has 1 aliphatic carbocycles. The summed E-state index contributed by atoms with van der Waals surface area (Å²) in [7, 11) is -2.99. The molecule has 1 heterocycles. The second-order valence-corrected chi connectivity index (χ2v) is 10.6. The van der Waals surface area contributed by atoms with Gasteiger partial charge in [0.2, 0.25) is 5.91 Å². The van der Waals surface area contributed by atoms with Gasteiger partial charge in [-0.25, -0.2) is 8.42 Å². The van der Waals surface area contributed by atoms with Crippen LogP contribution in [-0.4, -0.2) is 48.6 Å². The summed E-state index contributed by atoms with van der Waals surface area (Å²) in [5.74, 6) is 0.778. The molecule has 1 aromatic carbocycles. The number of rotatable bonds is 5. The van der Waals surface area contributed by atoms with Gasteiger partial charge in [-0.05, 0) is 47.3 Å². The second kappa shape index (κ2) is 7.79. The highest BCUT2D eigenvalue weighted by Crippen LogP contribution is 2.32. The lowest BCUT2D eigenvalue weighted by atomic mass is 10.1. The minimum atomic E-state index is -2.99. The number of carbonyl (C=O) groups excluding carboxylic acids is 1. The van der Waals surface area contributed by atoms with Gasteiger partial charge in [-0.1, -0.05) is 25.0 Å². The van der Waals surface area contributed by atoms with E-state index in [1.807, 2.05) is 29.2 Å². The zero-order valence-corrected chi connectivity index (χ0v) is 16.7. The van der Waals surface area contributed by atoms with Crippen molar-refractivity contribution in [1.29, 1.82) is 0 Å². The predicted octanol–water partition coefficient (Wildman–Crippen LogP) is 3.50. The lowest BCUT2D eigenvalue weighted by Gasteiger charge is -2.34. The van der Waals surface area contributed by atoms with Gasteiger partial charge in [0.25, 0.3) is 0 Å². The summed E-state index contributed by atoms with van der Waals surface area (Å²) in [5, 5.41) is 0. The molecule has 24 heavy (non-hydrogen) atoms. The SMILES string of the molecule is O=C(CSc1ccccc1Br)N(C1CCCC1)C1CCS(=O)(=O)C1. The van der Waals surface area contributed by atoms with Gasteiger partial charge in [-0.15, -0.1) is 11.8 Å². The molecule has 1 saturated heterocycles. The van der Waals surface area contributed by atoms with Crippen LogP contribution in [-0.2, 0) is 14.6 Å². The van der Waals surface area contributed by atoms with Crippen molar-refractivity contribution in [3.8, 4) is 0 Å². The fourth-order valence-electron chi connectivity index (χ4n) is 3.66. The molecule has 0 bridgehead atoms. The quantitative estimate of drug-likeness (QED) is 0.669. The summed E-state index contributed by atoms with van der Waals surface area (Å²) < 4.78 is 24.7. The summed E-state index contributed by atoms with van der Waals surface area (Å²) in [5.41, 5.74) is 0. The fourth-order valence-corrected chi connectivity index (χ4v) is 6.81. The van der Waals surface area contributed by atoms with Crippen molar-refractivity contribution in [2.45, 2.75) is 49.1 Å². The summed E-state index contributed by atoms with van der Waals surface area (Å²) in [6.45, 7) is 0. The summed E-state index contributed by atoms with van der Waals surface area (Å²) >= 11 is 5.02. The Bertz CT molecular complexity index is 702. The van der Waals surface area contributed by atoms with Crippen LogP contribution in [0, 0.1) is 0 Å². The zero-order chi connectivity index (χ0) is 17.2. The number of hydrogen-bond donors (Lipinski definition) is 0. The third-order valence-electron chi connectivity index (χ3n) is 4.80. The molecule has 1 saturated carbocycles. The van der Waals surface area contributed by atoms with Crippen molar-refractivity contribution < 1.29 is 13.2 Å². The van der Waals surface area contributed by atoms with Crippen LogP contribution in [0.3, 0.4) is 0 Å². The highest BCUT2D eigenvalue weighted by molar-refractivity contribution is 9.10. The van der Waals surface area contributed by atoms with Crippen molar-refractivity contribution >= 4 is 43.4 Å². The van der Waals surface area contributed by atoms with Crippen molar-refractivity contribution in [3.63, 3.8) is 0 Å². The Labute approximate surface area is 156 Å². The van der Waals surface area contributed by atoms with E-state index in [0.717, 1.165) is 35.1 Å². The Morgan fingerprint density at radius 1 is 1.17 bits per heavy atom. The van der Waals surface area contributed by atoms with E-state index in [1.165, 1.54) is 11.8 Å². The minimum absolute atomic E-state index is 0.0738. The third kappa shape index (κ3) is 4.35. The van der Waals surface area contributed by atoms with Crippen LogP contribution in [0.5, 0.6) is 0 Å². The molecule has 2 aliphatic rings. The Kier molecular flexibility index (Phi) is 5.93. The molecule has 3 rings (SSSR count). The first kappa shape index (κ1) is 18.3. The molecule has 1 aromatic rings. The molecule has 1 aliphatic heterocycles. The fraction of sp³-hybridized carbons (Fsp3) is 0.588. The van der Waals surface area contributed by atoms with Crippen LogP contribution in [0.2, 0.25) is 0 Å². The molecule has 4 nitrogen and oxygen atoms in total. The molecule has 1 atom stereocenters. The summed E-state index contributed by atoms with van der Waals surface area (Å²) in [4.78, 5) is 15.9. The van der Waals surface area contributed by atoms with Gasteiger partial charge in [-0.3, -0.25) is 4.79 Å². The first-order valence-electron chi connectivity index (χ1n) is 8.35. The minimum Gasteiger partial charge on any atom is -0.335 e. The number of amides is 1. The van der Waals surface area contributed by atoms with E-state index in [0.29, 0.717) is 12.2 Å². The van der Waals surface area contributed by atoms with Gasteiger partial charge < -0.3 is 4.90 Å². The lowest BCUT2D eigenvalue weighted by Crippen LogP contribution is -2.47. The van der Waals surface area contributed by atoms with Gasteiger partial charge in [0.15, 0.2) is 9.84 Å². The van der Waals surface area contributed by atoms with Crippen LogP contribution in [0.15, 0.2) is 33.6 Å².